The molecule has 0 aromatic heterocycles. The largest absolute Gasteiger partial charge is 0.508 e. The first-order valence-electron chi connectivity index (χ1n) is 13.2. The first kappa shape index (κ1) is 23.6. The van der Waals surface area contributed by atoms with Gasteiger partial charge in [-0.05, 0) is 79.8 Å². The number of hydrogen-bond acceptors (Lipinski definition) is 7. The van der Waals surface area contributed by atoms with Crippen molar-refractivity contribution in [1.82, 2.24) is 5.32 Å². The molecular weight excluding hydrogens is 470 g/mol. The van der Waals surface area contributed by atoms with Crippen LogP contribution in [0.5, 0.6) is 17.2 Å². The molecule has 0 radical (unpaired) electrons. The van der Waals surface area contributed by atoms with Crippen LogP contribution in [0, 0.1) is 0 Å². The molecule has 1 fully saturated rings. The number of ether oxygens (including phenoxy) is 3. The fraction of sp³-hybridized carbons (Fsp3) is 0.400. The van der Waals surface area contributed by atoms with E-state index in [9.17, 15) is 14.7 Å². The quantitative estimate of drug-likeness (QED) is 0.533. The Morgan fingerprint density at radius 2 is 1.86 bits per heavy atom. The molecule has 0 saturated heterocycles. The maximum Gasteiger partial charge on any atom is 0.337 e. The smallest absolute Gasteiger partial charge is 0.337 e. The predicted molar refractivity (Wildman–Crippen MR) is 136 cm³/mol. The molecule has 2 heterocycles. The van der Waals surface area contributed by atoms with E-state index in [4.69, 9.17) is 14.2 Å². The van der Waals surface area contributed by atoms with Crippen molar-refractivity contribution in [3.63, 3.8) is 0 Å². The molecule has 7 heteroatoms. The number of ketones is 1. The van der Waals surface area contributed by atoms with Crippen molar-refractivity contribution in [3.8, 4) is 17.2 Å². The summed E-state index contributed by atoms with van der Waals surface area (Å²) in [5.41, 5.74) is 4.42. The molecule has 2 aromatic carbocycles. The standard InChI is InChI=1S/C30H31NO6/c1-2-22-29(30(34)37-21-8-3-4-9-21)27(18-6-5-7-20(32)12-18)28-23(31-22)13-19(14-24(28)33)17-10-11-25-26(15-17)36-16-35-25/h5-7,10-12,15,19,21,27,31-32H,2-4,8-9,13-14,16H2,1H3. The van der Waals surface area contributed by atoms with E-state index >= 15 is 0 Å². The summed E-state index contributed by atoms with van der Waals surface area (Å²) in [6.07, 6.45) is 5.30. The number of nitrogens with one attached hydrogen (secondary N) is 1. The van der Waals surface area contributed by atoms with E-state index in [-0.39, 0.29) is 36.3 Å². The average Bonchev–Trinajstić information content (AvgIpc) is 3.59. The molecule has 7 nitrogen and oxygen atoms in total. The number of carbonyl (C=O) groups is 2. The van der Waals surface area contributed by atoms with Gasteiger partial charge in [0.2, 0.25) is 6.79 Å². The lowest BCUT2D eigenvalue weighted by atomic mass is 9.71. The fourth-order valence-electron chi connectivity index (χ4n) is 6.13. The third-order valence-corrected chi connectivity index (χ3v) is 7.93. The van der Waals surface area contributed by atoms with E-state index in [0.29, 0.717) is 47.5 Å². The first-order chi connectivity index (χ1) is 18.0. The van der Waals surface area contributed by atoms with Crippen molar-refractivity contribution >= 4 is 11.8 Å². The van der Waals surface area contributed by atoms with Crippen LogP contribution in [0.25, 0.3) is 0 Å². The predicted octanol–water partition coefficient (Wildman–Crippen LogP) is 5.36. The highest BCUT2D eigenvalue weighted by atomic mass is 16.7. The molecule has 0 amide bonds. The van der Waals surface area contributed by atoms with Crippen molar-refractivity contribution < 1.29 is 28.9 Å². The molecule has 6 rings (SSSR count). The van der Waals surface area contributed by atoms with Gasteiger partial charge in [-0.2, -0.15) is 0 Å². The van der Waals surface area contributed by atoms with Crippen molar-refractivity contribution in [2.24, 2.45) is 0 Å². The summed E-state index contributed by atoms with van der Waals surface area (Å²) >= 11 is 0. The van der Waals surface area contributed by atoms with Crippen molar-refractivity contribution in [2.75, 3.05) is 6.79 Å². The lowest BCUT2D eigenvalue weighted by Gasteiger charge is -2.37. The molecule has 2 aromatic rings. The maximum atomic E-state index is 13.8. The van der Waals surface area contributed by atoms with Crippen LogP contribution in [0.4, 0.5) is 0 Å². The number of phenols is 1. The summed E-state index contributed by atoms with van der Waals surface area (Å²) in [5.74, 6) is 0.520. The number of hydrogen-bond donors (Lipinski definition) is 2. The topological polar surface area (TPSA) is 94.1 Å². The summed E-state index contributed by atoms with van der Waals surface area (Å²) in [7, 11) is 0. The second kappa shape index (κ2) is 9.61. The molecule has 2 aliphatic carbocycles. The molecular formula is C30H31NO6. The maximum absolute atomic E-state index is 13.8. The van der Waals surface area contributed by atoms with Gasteiger partial charge in [-0.25, -0.2) is 4.79 Å². The minimum absolute atomic E-state index is 0.00826. The minimum Gasteiger partial charge on any atom is -0.508 e. The SMILES string of the molecule is CCC1=C(C(=O)OC2CCCC2)C(c2cccc(O)c2)C2=C(CC(c3ccc4c(c3)OCO4)CC2=O)N1. The molecule has 2 aliphatic heterocycles. The van der Waals surface area contributed by atoms with Crippen molar-refractivity contribution in [2.45, 2.75) is 69.8 Å². The molecule has 2 unspecified atom stereocenters. The summed E-state index contributed by atoms with van der Waals surface area (Å²) in [6, 6.07) is 12.7. The van der Waals surface area contributed by atoms with Gasteiger partial charge in [-0.15, -0.1) is 0 Å². The number of allylic oxidation sites excluding steroid dienone is 3. The van der Waals surface area contributed by atoms with Crippen LogP contribution in [0.2, 0.25) is 0 Å². The van der Waals surface area contributed by atoms with Gasteiger partial charge in [0.05, 0.1) is 5.57 Å². The van der Waals surface area contributed by atoms with Gasteiger partial charge in [0, 0.05) is 29.3 Å². The number of fused-ring (bicyclic) bond motifs is 1. The Kier molecular flexibility index (Phi) is 6.14. The van der Waals surface area contributed by atoms with Crippen molar-refractivity contribution in [1.29, 1.82) is 0 Å². The molecule has 4 aliphatic rings. The molecule has 37 heavy (non-hydrogen) atoms. The normalized spacial score (nSPS) is 23.2. The van der Waals surface area contributed by atoms with E-state index < -0.39 is 5.92 Å². The zero-order chi connectivity index (χ0) is 25.5. The summed E-state index contributed by atoms with van der Waals surface area (Å²) < 4.78 is 17.0. The van der Waals surface area contributed by atoms with Crippen LogP contribution in [-0.2, 0) is 14.3 Å². The Morgan fingerprint density at radius 3 is 2.65 bits per heavy atom. The zero-order valence-electron chi connectivity index (χ0n) is 20.9. The fourth-order valence-corrected chi connectivity index (χ4v) is 6.13. The van der Waals surface area contributed by atoms with Crippen LogP contribution < -0.4 is 14.8 Å². The minimum atomic E-state index is -0.586. The van der Waals surface area contributed by atoms with Gasteiger partial charge in [0.1, 0.15) is 11.9 Å². The number of aromatic hydroxyl groups is 1. The van der Waals surface area contributed by atoms with Crippen LogP contribution >= 0.6 is 0 Å². The van der Waals surface area contributed by atoms with Crippen LogP contribution in [-0.4, -0.2) is 29.8 Å². The Morgan fingerprint density at radius 1 is 1.05 bits per heavy atom. The lowest BCUT2D eigenvalue weighted by Crippen LogP contribution is -2.37. The van der Waals surface area contributed by atoms with E-state index in [1.54, 1.807) is 18.2 Å². The van der Waals surface area contributed by atoms with Crippen LogP contribution in [0.3, 0.4) is 0 Å². The zero-order valence-corrected chi connectivity index (χ0v) is 20.9. The summed E-state index contributed by atoms with van der Waals surface area (Å²) in [6.45, 7) is 2.20. The number of carbonyl (C=O) groups excluding carboxylic acids is 2. The number of phenolic OH excluding ortho intramolecular Hbond substituents is 1. The van der Waals surface area contributed by atoms with Gasteiger partial charge >= 0.3 is 5.97 Å². The Hall–Kier alpha value is -3.74. The van der Waals surface area contributed by atoms with E-state index in [1.807, 2.05) is 31.2 Å². The molecule has 2 N–H and O–H groups in total. The Labute approximate surface area is 216 Å². The van der Waals surface area contributed by atoms with E-state index in [2.05, 4.69) is 5.32 Å². The molecule has 0 bridgehead atoms. The van der Waals surface area contributed by atoms with Gasteiger partial charge in [0.25, 0.3) is 0 Å². The average molecular weight is 502 g/mol. The van der Waals surface area contributed by atoms with Gasteiger partial charge in [-0.3, -0.25) is 4.79 Å². The molecule has 1 saturated carbocycles. The first-order valence-corrected chi connectivity index (χ1v) is 13.2. The van der Waals surface area contributed by atoms with Crippen LogP contribution in [0.1, 0.15) is 74.8 Å². The molecule has 192 valence electrons. The number of Topliss-reactive ketones (excluding diaryl/α,β-unsaturated/α-hetero) is 1. The van der Waals surface area contributed by atoms with Crippen LogP contribution in [0.15, 0.2) is 65.0 Å². The molecule has 0 spiro atoms. The van der Waals surface area contributed by atoms with Gasteiger partial charge in [0.15, 0.2) is 17.3 Å². The Bertz CT molecular complexity index is 1320. The van der Waals surface area contributed by atoms with Gasteiger partial charge in [-0.1, -0.05) is 25.1 Å². The number of esters is 1. The van der Waals surface area contributed by atoms with E-state index in [0.717, 1.165) is 42.6 Å². The highest BCUT2D eigenvalue weighted by Gasteiger charge is 2.42. The Balaban J connectivity index is 1.39. The van der Waals surface area contributed by atoms with E-state index in [1.165, 1.54) is 0 Å². The second-order valence-electron chi connectivity index (χ2n) is 10.2. The second-order valence-corrected chi connectivity index (χ2v) is 10.2. The highest BCUT2D eigenvalue weighted by molar-refractivity contribution is 6.04. The third kappa shape index (κ3) is 4.37. The number of dihydropyridines is 1. The van der Waals surface area contributed by atoms with Gasteiger partial charge < -0.3 is 24.6 Å². The number of benzene rings is 2. The summed E-state index contributed by atoms with van der Waals surface area (Å²) in [4.78, 5) is 27.5. The third-order valence-electron chi connectivity index (χ3n) is 7.93. The monoisotopic (exact) mass is 501 g/mol. The molecule has 2 atom stereocenters. The number of rotatable bonds is 5. The highest BCUT2D eigenvalue weighted by Crippen LogP contribution is 2.47. The lowest BCUT2D eigenvalue weighted by molar-refractivity contribution is -0.144. The summed E-state index contributed by atoms with van der Waals surface area (Å²) in [5, 5.41) is 13.8. The van der Waals surface area contributed by atoms with Crippen molar-refractivity contribution in [3.05, 3.63) is 76.1 Å².